The lowest BCUT2D eigenvalue weighted by Gasteiger charge is -2.29. The highest BCUT2D eigenvalue weighted by Crippen LogP contribution is 2.30. The Bertz CT molecular complexity index is 724. The maximum Gasteiger partial charge on any atom is 0.339 e. The second kappa shape index (κ2) is 4.88. The molecule has 0 amide bonds. The Hall–Kier alpha value is -1.81. The first-order chi connectivity index (χ1) is 10.2. The topological polar surface area (TPSA) is 51.5 Å². The van der Waals surface area contributed by atoms with Gasteiger partial charge in [0.25, 0.3) is 0 Å². The third kappa shape index (κ3) is 2.44. The van der Waals surface area contributed by atoms with Crippen LogP contribution in [-0.2, 0) is 0 Å². The lowest BCUT2D eigenvalue weighted by atomic mass is 10.0. The van der Waals surface area contributed by atoms with Crippen molar-refractivity contribution in [2.24, 2.45) is 0 Å². The van der Waals surface area contributed by atoms with Crippen LogP contribution in [0.4, 0.5) is 0 Å². The van der Waals surface area contributed by atoms with Crippen molar-refractivity contribution < 1.29 is 9.15 Å². The minimum Gasteiger partial charge on any atom is -0.490 e. The van der Waals surface area contributed by atoms with Crippen LogP contribution in [0.25, 0.3) is 11.0 Å². The zero-order chi connectivity index (χ0) is 14.4. The van der Waals surface area contributed by atoms with Gasteiger partial charge in [-0.25, -0.2) is 4.79 Å². The molecule has 4 rings (SSSR count). The number of nitrogens with one attached hydrogen (secondary N) is 1. The average molecular weight is 285 g/mol. The molecule has 0 aliphatic carbocycles. The maximum atomic E-state index is 11.6. The van der Waals surface area contributed by atoms with Crippen LogP contribution in [0.5, 0.6) is 5.75 Å². The summed E-state index contributed by atoms with van der Waals surface area (Å²) in [4.78, 5) is 11.6. The first kappa shape index (κ1) is 12.9. The number of fused-ring (bicyclic) bond motifs is 3. The number of rotatable bonds is 2. The molecule has 0 spiro atoms. The molecule has 2 aliphatic heterocycles. The van der Waals surface area contributed by atoms with Gasteiger partial charge in [-0.2, -0.15) is 0 Å². The van der Waals surface area contributed by atoms with Crippen molar-refractivity contribution >= 4 is 11.0 Å². The summed E-state index contributed by atoms with van der Waals surface area (Å²) in [5, 5.41) is 4.54. The molecule has 2 bridgehead atoms. The van der Waals surface area contributed by atoms with E-state index in [-0.39, 0.29) is 11.7 Å². The highest BCUT2D eigenvalue weighted by atomic mass is 16.5. The van der Waals surface area contributed by atoms with Gasteiger partial charge >= 0.3 is 5.63 Å². The van der Waals surface area contributed by atoms with E-state index in [0.717, 1.165) is 24.0 Å². The van der Waals surface area contributed by atoms with Gasteiger partial charge in [0, 0.05) is 29.1 Å². The number of hydrogen-bond acceptors (Lipinski definition) is 4. The summed E-state index contributed by atoms with van der Waals surface area (Å²) in [7, 11) is 0. The smallest absolute Gasteiger partial charge is 0.339 e. The van der Waals surface area contributed by atoms with Crippen molar-refractivity contribution in [3.05, 3.63) is 40.2 Å². The second-order valence-corrected chi connectivity index (χ2v) is 6.27. The van der Waals surface area contributed by atoms with Crippen molar-refractivity contribution in [1.82, 2.24) is 5.32 Å². The summed E-state index contributed by atoms with van der Waals surface area (Å²) >= 11 is 0. The summed E-state index contributed by atoms with van der Waals surface area (Å²) in [5.74, 6) is 0.792. The summed E-state index contributed by atoms with van der Waals surface area (Å²) < 4.78 is 11.4. The second-order valence-electron chi connectivity index (χ2n) is 6.27. The Kier molecular flexibility index (Phi) is 3.00. The van der Waals surface area contributed by atoms with E-state index in [4.69, 9.17) is 9.15 Å². The van der Waals surface area contributed by atoms with Crippen LogP contribution < -0.4 is 15.7 Å². The molecule has 1 N–H and O–H groups in total. The molecule has 0 unspecified atom stereocenters. The van der Waals surface area contributed by atoms with E-state index in [1.54, 1.807) is 6.92 Å². The predicted molar refractivity (Wildman–Crippen MR) is 80.8 cm³/mol. The fourth-order valence-corrected chi connectivity index (χ4v) is 3.56. The number of piperidine rings is 1. The third-order valence-electron chi connectivity index (χ3n) is 4.61. The molecule has 3 heterocycles. The van der Waals surface area contributed by atoms with Crippen molar-refractivity contribution in [3.63, 3.8) is 0 Å². The van der Waals surface area contributed by atoms with E-state index in [1.165, 1.54) is 12.8 Å². The van der Waals surface area contributed by atoms with Gasteiger partial charge in [-0.3, -0.25) is 0 Å². The van der Waals surface area contributed by atoms with Gasteiger partial charge in [0.15, 0.2) is 0 Å². The molecule has 2 saturated heterocycles. The monoisotopic (exact) mass is 285 g/mol. The number of aryl methyl sites for hydroxylation is 1. The molecule has 2 fully saturated rings. The lowest BCUT2D eigenvalue weighted by Crippen LogP contribution is -2.42. The zero-order valence-corrected chi connectivity index (χ0v) is 12.1. The van der Waals surface area contributed by atoms with Gasteiger partial charge in [0.2, 0.25) is 0 Å². The van der Waals surface area contributed by atoms with Crippen LogP contribution in [0.1, 0.15) is 31.2 Å². The van der Waals surface area contributed by atoms with Crippen LogP contribution in [0.15, 0.2) is 33.5 Å². The summed E-state index contributed by atoms with van der Waals surface area (Å²) in [6, 6.07) is 8.82. The molecule has 21 heavy (non-hydrogen) atoms. The Morgan fingerprint density at radius 1 is 1.19 bits per heavy atom. The van der Waals surface area contributed by atoms with Gasteiger partial charge in [0.1, 0.15) is 17.4 Å². The van der Waals surface area contributed by atoms with Gasteiger partial charge in [-0.15, -0.1) is 0 Å². The lowest BCUT2D eigenvalue weighted by molar-refractivity contribution is 0.137. The largest absolute Gasteiger partial charge is 0.490 e. The Morgan fingerprint density at radius 2 is 1.95 bits per heavy atom. The van der Waals surface area contributed by atoms with Crippen LogP contribution in [0.3, 0.4) is 0 Å². The Morgan fingerprint density at radius 3 is 2.71 bits per heavy atom. The van der Waals surface area contributed by atoms with Crippen molar-refractivity contribution in [2.75, 3.05) is 0 Å². The van der Waals surface area contributed by atoms with Gasteiger partial charge in [-0.1, -0.05) is 0 Å². The first-order valence-electron chi connectivity index (χ1n) is 7.64. The van der Waals surface area contributed by atoms with E-state index < -0.39 is 0 Å². The molecule has 2 aliphatic rings. The van der Waals surface area contributed by atoms with Gasteiger partial charge in [0.05, 0.1) is 0 Å². The molecule has 2 aromatic rings. The Balaban J connectivity index is 1.59. The zero-order valence-electron chi connectivity index (χ0n) is 12.1. The van der Waals surface area contributed by atoms with Crippen molar-refractivity contribution in [1.29, 1.82) is 0 Å². The summed E-state index contributed by atoms with van der Waals surface area (Å²) in [6.45, 7) is 1.76. The van der Waals surface area contributed by atoms with E-state index in [2.05, 4.69) is 5.32 Å². The SMILES string of the molecule is Cc1cc2ccc(OC3C[C@H]4CC[C@H](C3)N4)cc2oc1=O. The Labute approximate surface area is 123 Å². The normalized spacial score (nSPS) is 28.0. The number of hydrogen-bond donors (Lipinski definition) is 1. The third-order valence-corrected chi connectivity index (χ3v) is 4.61. The van der Waals surface area contributed by atoms with Crippen molar-refractivity contribution in [3.8, 4) is 5.75 Å². The van der Waals surface area contributed by atoms with Gasteiger partial charge in [-0.05, 0) is 50.8 Å². The van der Waals surface area contributed by atoms with Crippen LogP contribution in [-0.4, -0.2) is 18.2 Å². The predicted octanol–water partition coefficient (Wildman–Crippen LogP) is 2.76. The fourth-order valence-electron chi connectivity index (χ4n) is 3.56. The molecule has 2 atom stereocenters. The van der Waals surface area contributed by atoms with E-state index in [9.17, 15) is 4.79 Å². The summed E-state index contributed by atoms with van der Waals surface area (Å²) in [6.07, 6.45) is 4.91. The fraction of sp³-hybridized carbons (Fsp3) is 0.471. The molecule has 0 saturated carbocycles. The minimum atomic E-state index is -0.278. The molecule has 110 valence electrons. The number of benzene rings is 1. The molecule has 1 aromatic heterocycles. The molecule has 1 aromatic carbocycles. The van der Waals surface area contributed by atoms with E-state index in [0.29, 0.717) is 23.2 Å². The quantitative estimate of drug-likeness (QED) is 0.862. The van der Waals surface area contributed by atoms with Gasteiger partial charge < -0.3 is 14.5 Å². The van der Waals surface area contributed by atoms with Crippen LogP contribution in [0.2, 0.25) is 0 Å². The molecule has 4 heteroatoms. The highest BCUT2D eigenvalue weighted by molar-refractivity contribution is 5.78. The van der Waals surface area contributed by atoms with Crippen LogP contribution in [0, 0.1) is 6.92 Å². The molecule has 0 radical (unpaired) electrons. The first-order valence-corrected chi connectivity index (χ1v) is 7.64. The molecule has 4 nitrogen and oxygen atoms in total. The van der Waals surface area contributed by atoms with E-state index in [1.807, 2.05) is 24.3 Å². The number of ether oxygens (including phenoxy) is 1. The average Bonchev–Trinajstić information content (AvgIpc) is 2.80. The van der Waals surface area contributed by atoms with Crippen molar-refractivity contribution in [2.45, 2.75) is 50.8 Å². The highest BCUT2D eigenvalue weighted by Gasteiger charge is 2.34. The standard InChI is InChI=1S/C17H19NO3/c1-10-6-11-2-5-14(9-16(11)21-17(10)19)20-15-7-12-3-4-13(8-15)18-12/h2,5-6,9,12-13,15,18H,3-4,7-8H2,1H3/t12-,13-/m1/s1. The van der Waals surface area contributed by atoms with E-state index >= 15 is 0 Å². The molecular weight excluding hydrogens is 266 g/mol. The molecular formula is C17H19NO3. The summed E-state index contributed by atoms with van der Waals surface area (Å²) in [5.41, 5.74) is 0.950. The maximum absolute atomic E-state index is 11.6. The minimum absolute atomic E-state index is 0.262. The van der Waals surface area contributed by atoms with Crippen LogP contribution >= 0.6 is 0 Å².